The van der Waals surface area contributed by atoms with Crippen molar-refractivity contribution < 1.29 is 4.74 Å². The van der Waals surface area contributed by atoms with Crippen LogP contribution in [0.2, 0.25) is 0 Å². The van der Waals surface area contributed by atoms with Crippen LogP contribution in [0, 0.1) is 0 Å². The maximum atomic E-state index is 5.36. The Hall–Kier alpha value is -1.53. The molecule has 0 spiro atoms. The molecule has 94 valence electrons. The van der Waals surface area contributed by atoms with Crippen molar-refractivity contribution in [3.05, 3.63) is 24.4 Å². The number of aromatic nitrogens is 3. The van der Waals surface area contributed by atoms with Crippen molar-refractivity contribution in [1.82, 2.24) is 15.2 Å². The Kier molecular flexibility index (Phi) is 3.21. The Balaban J connectivity index is 1.78. The van der Waals surface area contributed by atoms with E-state index in [1.165, 1.54) is 0 Å². The average Bonchev–Trinajstić information content (AvgIpc) is 3.08. The molecule has 18 heavy (non-hydrogen) atoms. The van der Waals surface area contributed by atoms with E-state index in [1.807, 2.05) is 18.2 Å². The van der Waals surface area contributed by atoms with Crippen LogP contribution in [0.4, 0.5) is 5.13 Å². The first-order chi connectivity index (χ1) is 8.86. The fourth-order valence-electron chi connectivity index (χ4n) is 2.03. The highest BCUT2D eigenvalue weighted by Gasteiger charge is 2.25. The SMILES string of the molecule is CO[C@@H]1CCN(c2nnc(-c3ccccn3)s2)C1. The summed E-state index contributed by atoms with van der Waals surface area (Å²) in [6, 6.07) is 5.81. The van der Waals surface area contributed by atoms with Gasteiger partial charge in [0.05, 0.1) is 6.10 Å². The van der Waals surface area contributed by atoms with Gasteiger partial charge in [0.25, 0.3) is 0 Å². The van der Waals surface area contributed by atoms with E-state index >= 15 is 0 Å². The van der Waals surface area contributed by atoms with E-state index in [1.54, 1.807) is 24.6 Å². The Bertz CT molecular complexity index is 516. The van der Waals surface area contributed by atoms with Crippen LogP contribution in [-0.2, 0) is 4.74 Å². The summed E-state index contributed by atoms with van der Waals surface area (Å²) in [7, 11) is 1.76. The maximum Gasteiger partial charge on any atom is 0.208 e. The molecule has 5 nitrogen and oxygen atoms in total. The van der Waals surface area contributed by atoms with Crippen molar-refractivity contribution in [1.29, 1.82) is 0 Å². The van der Waals surface area contributed by atoms with Gasteiger partial charge < -0.3 is 9.64 Å². The molecule has 3 heterocycles. The molecule has 1 aliphatic rings. The summed E-state index contributed by atoms with van der Waals surface area (Å²) in [5.74, 6) is 0. The normalized spacial score (nSPS) is 19.4. The summed E-state index contributed by atoms with van der Waals surface area (Å²) in [6.45, 7) is 1.88. The van der Waals surface area contributed by atoms with Crippen molar-refractivity contribution in [3.8, 4) is 10.7 Å². The summed E-state index contributed by atoms with van der Waals surface area (Å²) in [5, 5.41) is 10.3. The predicted octanol–water partition coefficient (Wildman–Crippen LogP) is 1.83. The van der Waals surface area contributed by atoms with Crippen molar-refractivity contribution in [2.24, 2.45) is 0 Å². The molecule has 0 bridgehead atoms. The predicted molar refractivity (Wildman–Crippen MR) is 70.8 cm³/mol. The third-order valence-electron chi connectivity index (χ3n) is 3.05. The first kappa shape index (κ1) is 11.6. The molecule has 1 saturated heterocycles. The molecule has 1 aliphatic heterocycles. The van der Waals surface area contributed by atoms with Gasteiger partial charge in [-0.25, -0.2) is 0 Å². The van der Waals surface area contributed by atoms with Gasteiger partial charge in [0.2, 0.25) is 5.13 Å². The zero-order chi connectivity index (χ0) is 12.4. The van der Waals surface area contributed by atoms with Crippen LogP contribution in [0.1, 0.15) is 6.42 Å². The zero-order valence-electron chi connectivity index (χ0n) is 10.1. The second kappa shape index (κ2) is 4.99. The van der Waals surface area contributed by atoms with Crippen molar-refractivity contribution in [2.45, 2.75) is 12.5 Å². The number of pyridine rings is 1. The lowest BCUT2D eigenvalue weighted by molar-refractivity contribution is 0.121. The number of rotatable bonds is 3. The van der Waals surface area contributed by atoms with E-state index in [-0.39, 0.29) is 0 Å². The van der Waals surface area contributed by atoms with E-state index in [0.717, 1.165) is 35.3 Å². The lowest BCUT2D eigenvalue weighted by Crippen LogP contribution is -2.21. The molecule has 0 amide bonds. The third-order valence-corrected chi connectivity index (χ3v) is 4.05. The Morgan fingerprint density at radius 3 is 3.06 bits per heavy atom. The molecule has 2 aromatic heterocycles. The minimum absolute atomic E-state index is 0.312. The third kappa shape index (κ3) is 2.21. The first-order valence-corrected chi connectivity index (χ1v) is 6.71. The van der Waals surface area contributed by atoms with Gasteiger partial charge in [-0.1, -0.05) is 17.4 Å². The Morgan fingerprint density at radius 1 is 1.39 bits per heavy atom. The van der Waals surface area contributed by atoms with Crippen LogP contribution >= 0.6 is 11.3 Å². The molecule has 0 saturated carbocycles. The molecular weight excluding hydrogens is 248 g/mol. The van der Waals surface area contributed by atoms with E-state index < -0.39 is 0 Å². The van der Waals surface area contributed by atoms with Crippen LogP contribution in [-0.4, -0.2) is 41.5 Å². The monoisotopic (exact) mass is 262 g/mol. The number of nitrogens with zero attached hydrogens (tertiary/aromatic N) is 4. The van der Waals surface area contributed by atoms with Crippen LogP contribution in [0.3, 0.4) is 0 Å². The van der Waals surface area contributed by atoms with Crippen LogP contribution in [0.25, 0.3) is 10.7 Å². The quantitative estimate of drug-likeness (QED) is 0.844. The van der Waals surface area contributed by atoms with Gasteiger partial charge in [-0.2, -0.15) is 0 Å². The molecule has 6 heteroatoms. The van der Waals surface area contributed by atoms with Crippen molar-refractivity contribution in [3.63, 3.8) is 0 Å². The molecule has 0 aliphatic carbocycles. The average molecular weight is 262 g/mol. The molecule has 0 aromatic carbocycles. The minimum Gasteiger partial charge on any atom is -0.380 e. The Morgan fingerprint density at radius 2 is 2.33 bits per heavy atom. The molecule has 0 N–H and O–H groups in total. The molecule has 3 rings (SSSR count). The number of hydrogen-bond acceptors (Lipinski definition) is 6. The lowest BCUT2D eigenvalue weighted by atomic mass is 10.3. The van der Waals surface area contributed by atoms with E-state index in [2.05, 4.69) is 20.1 Å². The molecule has 0 radical (unpaired) electrons. The minimum atomic E-state index is 0.312. The second-order valence-corrected chi connectivity index (χ2v) is 5.15. The second-order valence-electron chi connectivity index (χ2n) is 4.20. The first-order valence-electron chi connectivity index (χ1n) is 5.89. The molecule has 2 aromatic rings. The fraction of sp³-hybridized carbons (Fsp3) is 0.417. The smallest absolute Gasteiger partial charge is 0.208 e. The number of ether oxygens (including phenoxy) is 1. The van der Waals surface area contributed by atoms with Gasteiger partial charge in [0.1, 0.15) is 5.69 Å². The van der Waals surface area contributed by atoms with Gasteiger partial charge in [-0.15, -0.1) is 10.2 Å². The van der Waals surface area contributed by atoms with Crippen molar-refractivity contribution >= 4 is 16.5 Å². The van der Waals surface area contributed by atoms with Gasteiger partial charge >= 0.3 is 0 Å². The highest BCUT2D eigenvalue weighted by Crippen LogP contribution is 2.29. The summed E-state index contributed by atoms with van der Waals surface area (Å²) < 4.78 is 5.36. The van der Waals surface area contributed by atoms with Gasteiger partial charge in [-0.3, -0.25) is 4.98 Å². The van der Waals surface area contributed by atoms with Crippen LogP contribution < -0.4 is 4.90 Å². The maximum absolute atomic E-state index is 5.36. The van der Waals surface area contributed by atoms with Crippen molar-refractivity contribution in [2.75, 3.05) is 25.1 Å². The number of methoxy groups -OCH3 is 1. The molecular formula is C12H14N4OS. The standard InChI is InChI=1S/C12H14N4OS/c1-17-9-5-7-16(8-9)12-15-14-11(18-12)10-4-2-3-6-13-10/h2-4,6,9H,5,7-8H2,1H3/t9-/m1/s1. The van der Waals surface area contributed by atoms with E-state index in [9.17, 15) is 0 Å². The number of hydrogen-bond donors (Lipinski definition) is 0. The summed E-state index contributed by atoms with van der Waals surface area (Å²) in [5.41, 5.74) is 0.878. The van der Waals surface area contributed by atoms with Gasteiger partial charge in [0, 0.05) is 26.4 Å². The van der Waals surface area contributed by atoms with Crippen LogP contribution in [0.15, 0.2) is 24.4 Å². The highest BCUT2D eigenvalue weighted by atomic mass is 32.1. The molecule has 1 atom stereocenters. The molecule has 0 unspecified atom stereocenters. The number of anilines is 1. The lowest BCUT2D eigenvalue weighted by Gasteiger charge is -2.12. The van der Waals surface area contributed by atoms with E-state index in [0.29, 0.717) is 6.10 Å². The van der Waals surface area contributed by atoms with Gasteiger partial charge in [-0.05, 0) is 18.6 Å². The summed E-state index contributed by atoms with van der Waals surface area (Å²) in [6.07, 6.45) is 3.13. The zero-order valence-corrected chi connectivity index (χ0v) is 10.9. The van der Waals surface area contributed by atoms with E-state index in [4.69, 9.17) is 4.74 Å². The van der Waals surface area contributed by atoms with Gasteiger partial charge in [0.15, 0.2) is 5.01 Å². The topological polar surface area (TPSA) is 51.1 Å². The fourth-order valence-corrected chi connectivity index (χ4v) is 2.89. The largest absolute Gasteiger partial charge is 0.380 e. The Labute approximate surface area is 109 Å². The van der Waals surface area contributed by atoms with Crippen LogP contribution in [0.5, 0.6) is 0 Å². The summed E-state index contributed by atoms with van der Waals surface area (Å²) >= 11 is 1.58. The molecule has 1 fully saturated rings. The highest BCUT2D eigenvalue weighted by molar-refractivity contribution is 7.18. The summed E-state index contributed by atoms with van der Waals surface area (Å²) in [4.78, 5) is 6.51.